The molecule has 0 aliphatic carbocycles. The third-order valence-corrected chi connectivity index (χ3v) is 4.72. The van der Waals surface area contributed by atoms with Crippen molar-refractivity contribution in [2.24, 2.45) is 5.92 Å². The number of rotatable bonds is 6. The number of carbonyl (C=O) groups is 2. The van der Waals surface area contributed by atoms with Gasteiger partial charge in [0.2, 0.25) is 5.91 Å². The second-order valence-electron chi connectivity index (χ2n) is 5.53. The van der Waals surface area contributed by atoms with Crippen LogP contribution in [-0.2, 0) is 19.4 Å². The lowest BCUT2D eigenvalue weighted by Crippen LogP contribution is -2.48. The van der Waals surface area contributed by atoms with Crippen molar-refractivity contribution in [1.29, 1.82) is 0 Å². The smallest absolute Gasteiger partial charge is 0.323 e. The summed E-state index contributed by atoms with van der Waals surface area (Å²) in [5.74, 6) is -1.22. The fraction of sp³-hybridized carbons (Fsp3) is 0.833. The van der Waals surface area contributed by atoms with Gasteiger partial charge >= 0.3 is 5.97 Å². The van der Waals surface area contributed by atoms with E-state index in [4.69, 9.17) is 5.11 Å². The predicted molar refractivity (Wildman–Crippen MR) is 74.1 cm³/mol. The van der Waals surface area contributed by atoms with E-state index >= 15 is 0 Å². The van der Waals surface area contributed by atoms with Gasteiger partial charge in [-0.3, -0.25) is 9.59 Å². The van der Waals surface area contributed by atoms with E-state index in [1.165, 1.54) is 4.90 Å². The molecule has 116 valence electrons. The largest absolute Gasteiger partial charge is 0.480 e. The first kappa shape index (κ1) is 16.9. The van der Waals surface area contributed by atoms with Crippen LogP contribution in [0.25, 0.3) is 0 Å². The summed E-state index contributed by atoms with van der Waals surface area (Å²) >= 11 is 0. The summed E-state index contributed by atoms with van der Waals surface area (Å²) in [5, 5.41) is 11.8. The fourth-order valence-corrected chi connectivity index (χ4v) is 3.64. The van der Waals surface area contributed by atoms with Crippen LogP contribution in [0.2, 0.25) is 0 Å². The van der Waals surface area contributed by atoms with Gasteiger partial charge in [0.1, 0.15) is 6.54 Å². The quantitative estimate of drug-likeness (QED) is 0.674. The summed E-state index contributed by atoms with van der Waals surface area (Å²) < 4.78 is 23.0. The molecule has 1 fully saturated rings. The van der Waals surface area contributed by atoms with E-state index in [0.717, 1.165) is 0 Å². The number of aliphatic carboxylic acids is 1. The first-order valence-corrected chi connectivity index (χ1v) is 8.45. The molecule has 1 aliphatic heterocycles. The summed E-state index contributed by atoms with van der Waals surface area (Å²) in [7, 11) is -3.10. The van der Waals surface area contributed by atoms with E-state index in [2.05, 4.69) is 5.32 Å². The van der Waals surface area contributed by atoms with Gasteiger partial charge in [0.15, 0.2) is 9.84 Å². The van der Waals surface area contributed by atoms with Gasteiger partial charge < -0.3 is 15.3 Å². The molecule has 0 aromatic rings. The molecule has 2 N–H and O–H groups in total. The zero-order valence-corrected chi connectivity index (χ0v) is 12.6. The summed E-state index contributed by atoms with van der Waals surface area (Å²) in [6.07, 6.45) is 0.0131. The Balaban J connectivity index is 2.63. The van der Waals surface area contributed by atoms with Crippen molar-refractivity contribution in [1.82, 2.24) is 10.2 Å². The number of amides is 1. The molecule has 20 heavy (non-hydrogen) atoms. The van der Waals surface area contributed by atoms with Gasteiger partial charge in [-0.15, -0.1) is 0 Å². The standard InChI is InChI=1S/C12H22N2O5S/c1-9(2)6-14(7-12(16)17)11(15)5-10-8-20(18,19)4-3-13-10/h9-10,13H,3-8H2,1-2H3,(H,16,17). The van der Waals surface area contributed by atoms with Crippen molar-refractivity contribution in [3.63, 3.8) is 0 Å². The summed E-state index contributed by atoms with van der Waals surface area (Å²) in [4.78, 5) is 24.2. The molecule has 1 aliphatic rings. The van der Waals surface area contributed by atoms with E-state index < -0.39 is 21.8 Å². The topological polar surface area (TPSA) is 104 Å². The average Bonchev–Trinajstić information content (AvgIpc) is 2.25. The van der Waals surface area contributed by atoms with E-state index in [0.29, 0.717) is 13.1 Å². The molecule has 1 amide bonds. The molecule has 0 spiro atoms. The maximum absolute atomic E-state index is 12.1. The maximum Gasteiger partial charge on any atom is 0.323 e. The number of carbonyl (C=O) groups excluding carboxylic acids is 1. The SMILES string of the molecule is CC(C)CN(CC(=O)O)C(=O)CC1CS(=O)(=O)CCN1. The van der Waals surface area contributed by atoms with Crippen molar-refractivity contribution >= 4 is 21.7 Å². The molecule has 0 radical (unpaired) electrons. The van der Waals surface area contributed by atoms with E-state index in [-0.39, 0.29) is 36.3 Å². The normalized spacial score (nSPS) is 21.6. The third kappa shape index (κ3) is 5.87. The highest BCUT2D eigenvalue weighted by atomic mass is 32.2. The van der Waals surface area contributed by atoms with Gasteiger partial charge in [-0.25, -0.2) is 8.42 Å². The molecule has 8 heteroatoms. The number of carboxylic acid groups (broad SMARTS) is 1. The van der Waals surface area contributed by atoms with Crippen LogP contribution < -0.4 is 5.32 Å². The van der Waals surface area contributed by atoms with Crippen LogP contribution in [0, 0.1) is 5.92 Å². The van der Waals surface area contributed by atoms with Crippen LogP contribution in [-0.4, -0.2) is 67.5 Å². The Morgan fingerprint density at radius 2 is 2.05 bits per heavy atom. The first-order chi connectivity index (χ1) is 9.19. The zero-order valence-electron chi connectivity index (χ0n) is 11.8. The molecule has 1 rings (SSSR count). The monoisotopic (exact) mass is 306 g/mol. The van der Waals surface area contributed by atoms with E-state index in [1.807, 2.05) is 13.8 Å². The Morgan fingerprint density at radius 1 is 1.40 bits per heavy atom. The molecule has 0 saturated carbocycles. The van der Waals surface area contributed by atoms with Crippen LogP contribution in [0.3, 0.4) is 0 Å². The van der Waals surface area contributed by atoms with E-state index in [1.54, 1.807) is 0 Å². The van der Waals surface area contributed by atoms with Crippen molar-refractivity contribution in [2.75, 3.05) is 31.1 Å². The van der Waals surface area contributed by atoms with Crippen LogP contribution in [0.1, 0.15) is 20.3 Å². The van der Waals surface area contributed by atoms with Gasteiger partial charge in [0.05, 0.1) is 11.5 Å². The molecule has 0 aromatic carbocycles. The molecule has 1 saturated heterocycles. The Morgan fingerprint density at radius 3 is 2.55 bits per heavy atom. The average molecular weight is 306 g/mol. The summed E-state index contributed by atoms with van der Waals surface area (Å²) in [5.41, 5.74) is 0. The number of carboxylic acids is 1. The fourth-order valence-electron chi connectivity index (χ4n) is 2.20. The van der Waals surface area contributed by atoms with E-state index in [9.17, 15) is 18.0 Å². The number of sulfone groups is 1. The van der Waals surface area contributed by atoms with Gasteiger partial charge in [-0.2, -0.15) is 0 Å². The lowest BCUT2D eigenvalue weighted by Gasteiger charge is -2.27. The summed E-state index contributed by atoms with van der Waals surface area (Å²) in [6, 6.07) is -0.426. The zero-order chi connectivity index (χ0) is 15.3. The van der Waals surface area contributed by atoms with Gasteiger partial charge in [0.25, 0.3) is 0 Å². The minimum atomic E-state index is -3.10. The Hall–Kier alpha value is -1.15. The lowest BCUT2D eigenvalue weighted by atomic mass is 10.1. The molecular formula is C12H22N2O5S. The van der Waals surface area contributed by atoms with Gasteiger partial charge in [0, 0.05) is 25.6 Å². The van der Waals surface area contributed by atoms with Crippen LogP contribution in [0.4, 0.5) is 0 Å². The first-order valence-electron chi connectivity index (χ1n) is 6.63. The lowest BCUT2D eigenvalue weighted by molar-refractivity contribution is -0.145. The van der Waals surface area contributed by atoms with Crippen molar-refractivity contribution in [3.05, 3.63) is 0 Å². The second kappa shape index (κ2) is 7.03. The summed E-state index contributed by atoms with van der Waals surface area (Å²) in [6.45, 7) is 4.13. The minimum absolute atomic E-state index is 0.0131. The van der Waals surface area contributed by atoms with Crippen molar-refractivity contribution in [3.8, 4) is 0 Å². The highest BCUT2D eigenvalue weighted by Gasteiger charge is 2.28. The molecule has 1 heterocycles. The van der Waals surface area contributed by atoms with Crippen LogP contribution in [0.15, 0.2) is 0 Å². The highest BCUT2D eigenvalue weighted by molar-refractivity contribution is 7.91. The Bertz CT molecular complexity index is 460. The Labute approximate surface area is 119 Å². The second-order valence-corrected chi connectivity index (χ2v) is 7.76. The molecular weight excluding hydrogens is 284 g/mol. The minimum Gasteiger partial charge on any atom is -0.480 e. The molecule has 7 nitrogen and oxygen atoms in total. The van der Waals surface area contributed by atoms with Crippen LogP contribution in [0.5, 0.6) is 0 Å². The number of hydrogen-bond donors (Lipinski definition) is 2. The Kier molecular flexibility index (Phi) is 5.94. The number of nitrogens with one attached hydrogen (secondary N) is 1. The predicted octanol–water partition coefficient (Wildman–Crippen LogP) is -0.668. The maximum atomic E-state index is 12.1. The molecule has 1 unspecified atom stereocenters. The van der Waals surface area contributed by atoms with Gasteiger partial charge in [-0.05, 0) is 5.92 Å². The molecule has 1 atom stereocenters. The number of hydrogen-bond acceptors (Lipinski definition) is 5. The van der Waals surface area contributed by atoms with Crippen molar-refractivity contribution in [2.45, 2.75) is 26.3 Å². The highest BCUT2D eigenvalue weighted by Crippen LogP contribution is 2.09. The number of nitrogens with zero attached hydrogens (tertiary/aromatic N) is 1. The van der Waals surface area contributed by atoms with Crippen LogP contribution >= 0.6 is 0 Å². The molecule has 0 bridgehead atoms. The van der Waals surface area contributed by atoms with Gasteiger partial charge in [-0.1, -0.05) is 13.8 Å². The van der Waals surface area contributed by atoms with Crippen molar-refractivity contribution < 1.29 is 23.1 Å². The third-order valence-electron chi connectivity index (χ3n) is 2.99. The molecule has 0 aromatic heterocycles.